The van der Waals surface area contributed by atoms with Crippen LogP contribution in [-0.4, -0.2) is 44.4 Å². The fourth-order valence-corrected chi connectivity index (χ4v) is 13.3. The fourth-order valence-electron chi connectivity index (χ4n) is 13.3. The molecule has 5 radical (unpaired) electrons. The number of imidazole rings is 1. The Morgan fingerprint density at radius 1 is 0.289 bits per heavy atom. The van der Waals surface area contributed by atoms with E-state index in [9.17, 15) is 13.2 Å². The van der Waals surface area contributed by atoms with Crippen molar-refractivity contribution < 1.29 is 135 Å². The largest absolute Gasteiger partial charge is 0.454 e. The van der Waals surface area contributed by atoms with Gasteiger partial charge in [0.05, 0.1) is 0 Å². The molecule has 0 aliphatic heterocycles. The predicted molar refractivity (Wildman–Crippen MR) is 484 cm³/mol. The number of nitrogens with zero attached hydrogens (tertiary/aromatic N) is 9. The summed E-state index contributed by atoms with van der Waals surface area (Å²) in [6.45, 7) is 4.55. The van der Waals surface area contributed by atoms with Crippen molar-refractivity contribution in [2.45, 2.75) is 25.4 Å². The van der Waals surface area contributed by atoms with Crippen LogP contribution in [-0.2, 0) is 133 Å². The number of benzene rings is 12. The van der Waals surface area contributed by atoms with Crippen LogP contribution in [0, 0.1) is 54.9 Å². The van der Waals surface area contributed by atoms with Gasteiger partial charge in [0.1, 0.15) is 0 Å². The van der Waals surface area contributed by atoms with Crippen molar-refractivity contribution in [3.05, 3.63) is 503 Å². The van der Waals surface area contributed by atoms with Crippen molar-refractivity contribution in [3.8, 4) is 107 Å². The van der Waals surface area contributed by atoms with E-state index in [2.05, 4.69) is 194 Å². The predicted octanol–water partition coefficient (Wildman–Crippen LogP) is 26.6. The summed E-state index contributed by atoms with van der Waals surface area (Å²) in [6.07, 6.45) is 14.7. The number of hydrogen-bond donors (Lipinski definition) is 0. The summed E-state index contributed by atoms with van der Waals surface area (Å²) in [6, 6.07) is 146. The van der Waals surface area contributed by atoms with Crippen LogP contribution in [0.15, 0.2) is 432 Å². The van der Waals surface area contributed by atoms with Crippen LogP contribution in [0.2, 0.25) is 0 Å². The maximum atomic E-state index is 12.3. The van der Waals surface area contributed by atoms with Gasteiger partial charge in [0.2, 0.25) is 0 Å². The number of alkyl halides is 3. The summed E-state index contributed by atoms with van der Waals surface area (Å²) in [5.74, 6) is 0. The molecule has 0 atom stereocenters. The molecule has 20 aromatic rings. The third-order valence-electron chi connectivity index (χ3n) is 19.4. The van der Waals surface area contributed by atoms with Gasteiger partial charge in [-0.1, -0.05) is 196 Å². The molecular weight excluding hydrogens is 2660 g/mol. The topological polar surface area (TPSA) is 108 Å². The van der Waals surface area contributed by atoms with Gasteiger partial charge >= 0.3 is 6.18 Å². The Bertz CT molecular complexity index is 6080. The van der Waals surface area contributed by atoms with Gasteiger partial charge in [-0.2, -0.15) is 31.0 Å². The normalized spacial score (nSPS) is 10.5. The second kappa shape index (κ2) is 52.4. The summed E-state index contributed by atoms with van der Waals surface area (Å²) in [4.78, 5) is 33.9. The molecule has 647 valence electrons. The fraction of sp³-hybridized carbons (Fsp3) is 0.0364. The van der Waals surface area contributed by atoms with Crippen molar-refractivity contribution in [1.82, 2.24) is 44.4 Å². The zero-order valence-electron chi connectivity index (χ0n) is 68.6. The van der Waals surface area contributed by atoms with E-state index in [-0.39, 0.29) is 127 Å². The van der Waals surface area contributed by atoms with Gasteiger partial charge in [-0.15, -0.1) is 256 Å². The first kappa shape index (κ1) is 102. The van der Waals surface area contributed by atoms with Gasteiger partial charge in [0.25, 0.3) is 0 Å². The molecule has 0 saturated carbocycles. The average Bonchev–Trinajstić information content (AvgIpc) is 1.58. The maximum absolute atomic E-state index is 12.3. The molecule has 21 rings (SSSR count). The first-order valence-electron chi connectivity index (χ1n) is 39.3. The number of rotatable bonds is 9. The summed E-state index contributed by atoms with van der Waals surface area (Å²) in [5, 5.41) is 4.77. The SMILES string of the molecule is CC1(C)c2ccccc2-c2c[c-]c(-n3[c-]ncc3)cc21.FC(F)(F)c1c[c-]c(-c2ccccn2)cc1.[Ir].[Ir].[Ir].[Ir].[Ir].[Pt].[c-]1ccc(-c2ccccc2)cc1-c1ccccn1.[c-]1ccccc1-c1ccccn1.[c-]1ccccc1-c1ccccn1.[c-]1ccccc1-c1ccccn1.[c-]1ccccc1-c1nccc2ccccc12.[c-]1ccccc1-c1nccc2ccccc12. The van der Waals surface area contributed by atoms with Crippen LogP contribution in [0.1, 0.15) is 30.5 Å². The van der Waals surface area contributed by atoms with Gasteiger partial charge in [-0.3, -0.25) is 0 Å². The molecule has 0 amide bonds. The van der Waals surface area contributed by atoms with Crippen LogP contribution in [0.5, 0.6) is 0 Å². The molecule has 8 heterocycles. The van der Waals surface area contributed by atoms with E-state index >= 15 is 0 Å². The molecule has 12 aromatic carbocycles. The summed E-state index contributed by atoms with van der Waals surface area (Å²) >= 11 is 0. The Kier molecular flexibility index (Phi) is 41.6. The van der Waals surface area contributed by atoms with Crippen LogP contribution in [0.25, 0.3) is 128 Å². The number of halogens is 3. The van der Waals surface area contributed by atoms with E-state index in [0.29, 0.717) is 11.3 Å². The molecule has 1 aliphatic rings. The van der Waals surface area contributed by atoms with Crippen molar-refractivity contribution in [2.24, 2.45) is 0 Å². The van der Waals surface area contributed by atoms with Crippen LogP contribution < -0.4 is 0 Å². The van der Waals surface area contributed by atoms with E-state index in [1.165, 1.54) is 61.0 Å². The molecule has 9 nitrogen and oxygen atoms in total. The molecule has 0 fully saturated rings. The first-order chi connectivity index (χ1) is 60.0. The van der Waals surface area contributed by atoms with E-state index in [4.69, 9.17) is 0 Å². The molecule has 8 aromatic heterocycles. The van der Waals surface area contributed by atoms with Crippen LogP contribution in [0.4, 0.5) is 13.2 Å². The van der Waals surface area contributed by atoms with Crippen LogP contribution in [0.3, 0.4) is 0 Å². The van der Waals surface area contributed by atoms with E-state index in [1.54, 1.807) is 55.4 Å². The third kappa shape index (κ3) is 28.3. The molecule has 1 aliphatic carbocycles. The minimum atomic E-state index is -4.32. The van der Waals surface area contributed by atoms with Gasteiger partial charge in [0, 0.05) is 171 Å². The molecular formula is C110H77F3Ir5N9Pt-9. The van der Waals surface area contributed by atoms with Gasteiger partial charge in [-0.05, 0) is 126 Å². The zero-order chi connectivity index (χ0) is 83.8. The second-order valence-corrected chi connectivity index (χ2v) is 27.8. The molecule has 0 bridgehead atoms. The Hall–Kier alpha value is -11.9. The summed E-state index contributed by atoms with van der Waals surface area (Å²) in [7, 11) is 0. The molecule has 0 N–H and O–H groups in total. The quantitative estimate of drug-likeness (QED) is 0.132. The van der Waals surface area contributed by atoms with Gasteiger partial charge in [0.15, 0.2) is 0 Å². The third-order valence-corrected chi connectivity index (χ3v) is 19.4. The Balaban J connectivity index is 0.000000181. The average molecular weight is 2740 g/mol. The van der Waals surface area contributed by atoms with Crippen molar-refractivity contribution >= 4 is 21.5 Å². The monoisotopic (exact) mass is 2740 g/mol. The van der Waals surface area contributed by atoms with Crippen LogP contribution >= 0.6 is 0 Å². The van der Waals surface area contributed by atoms with Gasteiger partial charge in [-0.25, -0.2) is 6.07 Å². The summed E-state index contributed by atoms with van der Waals surface area (Å²) < 4.78 is 38.7. The number of aromatic nitrogens is 9. The van der Waals surface area contributed by atoms with E-state index in [0.717, 1.165) is 85.4 Å². The van der Waals surface area contributed by atoms with E-state index < -0.39 is 11.7 Å². The first-order valence-corrected chi connectivity index (χ1v) is 39.3. The van der Waals surface area contributed by atoms with Crippen molar-refractivity contribution in [1.29, 1.82) is 0 Å². The molecule has 0 unspecified atom stereocenters. The molecule has 0 saturated heterocycles. The number of hydrogen-bond acceptors (Lipinski definition) is 8. The minimum absolute atomic E-state index is 0. The Morgan fingerprint density at radius 2 is 0.680 bits per heavy atom. The van der Waals surface area contributed by atoms with Crippen molar-refractivity contribution in [2.75, 3.05) is 0 Å². The van der Waals surface area contributed by atoms with Gasteiger partial charge < -0.3 is 44.4 Å². The standard InChI is InChI=1S/C18H14N2.C17H12N.2C15H10N.C12H7F3N.3C11H8N.5Ir.Pt/c1-18(2)16-6-4-3-5-14(16)15-8-7-13(11-17(15)18)20-10-9-19-12-20;1-2-7-14(8-3-1)15-9-6-10-16(13-15)17-11-4-5-12-18-17;2*1-2-7-13(8-3-1)15-14-9-5-4-6-12(14)10-11-16-15;13-12(14,15)10-6-4-9(5-7-10)11-3-1-2-8-16-11;3*1-2-6-10(7-3-1)11-8-4-5-9-12-11;;;;;;/h3-6,8-11H,1-2H3;1-9,11-13H;2*1-7,9-11H;1-4,6-8H;3*1-6,8-9H;;;;;;/q-2;7*-1;;;;;;. The maximum Gasteiger partial charge on any atom is 0.381 e. The Labute approximate surface area is 828 Å². The van der Waals surface area contributed by atoms with E-state index in [1.807, 2.05) is 278 Å². The summed E-state index contributed by atoms with van der Waals surface area (Å²) in [5.41, 5.74) is 21.3. The number of pyridine rings is 7. The molecule has 128 heavy (non-hydrogen) atoms. The van der Waals surface area contributed by atoms with Crippen molar-refractivity contribution in [3.63, 3.8) is 0 Å². The second-order valence-electron chi connectivity index (χ2n) is 27.8. The smallest absolute Gasteiger partial charge is 0.381 e. The number of fused-ring (bicyclic) bond motifs is 5. The molecule has 0 spiro atoms. The zero-order valence-corrected chi connectivity index (χ0v) is 82.9. The Morgan fingerprint density at radius 3 is 1.08 bits per heavy atom. The minimum Gasteiger partial charge on any atom is -0.454 e. The molecule has 18 heteroatoms.